The van der Waals surface area contributed by atoms with E-state index in [9.17, 15) is 23.5 Å². The molecule has 1 amide bonds. The van der Waals surface area contributed by atoms with Crippen LogP contribution in [0.25, 0.3) is 11.1 Å². The number of aryl methyl sites for hydroxylation is 1. The Hall–Kier alpha value is -3.23. The zero-order valence-electron chi connectivity index (χ0n) is 22.3. The molecule has 3 aromatic rings. The molecule has 3 aromatic carbocycles. The van der Waals surface area contributed by atoms with E-state index in [0.29, 0.717) is 48.9 Å². The van der Waals surface area contributed by atoms with Crippen molar-refractivity contribution < 1.29 is 23.5 Å². The molecule has 1 aliphatic carbocycles. The number of carbonyl (C=O) groups excluding carboxylic acids is 1. The fraction of sp³-hybridized carbons (Fsp3) is 0.355. The highest BCUT2D eigenvalue weighted by Crippen LogP contribution is 2.32. The highest BCUT2D eigenvalue weighted by Gasteiger charge is 2.29. The minimum atomic E-state index is -1.05. The number of benzene rings is 3. The number of hydrogen-bond donors (Lipinski definition) is 2. The van der Waals surface area contributed by atoms with Gasteiger partial charge >= 0.3 is 5.97 Å². The maximum atomic E-state index is 13.7. The van der Waals surface area contributed by atoms with Gasteiger partial charge in [0.25, 0.3) is 5.91 Å². The van der Waals surface area contributed by atoms with Gasteiger partial charge in [0.05, 0.1) is 0 Å². The van der Waals surface area contributed by atoms with Crippen LogP contribution in [0.5, 0.6) is 0 Å². The summed E-state index contributed by atoms with van der Waals surface area (Å²) in [5.74, 6) is -1.98. The van der Waals surface area contributed by atoms with Crippen molar-refractivity contribution in [2.45, 2.75) is 51.2 Å². The van der Waals surface area contributed by atoms with Gasteiger partial charge in [0.2, 0.25) is 0 Å². The van der Waals surface area contributed by atoms with Crippen LogP contribution in [-0.2, 0) is 17.8 Å². The zero-order valence-corrected chi connectivity index (χ0v) is 23.1. The van der Waals surface area contributed by atoms with Crippen molar-refractivity contribution in [2.24, 2.45) is 0 Å². The first-order valence-corrected chi connectivity index (χ1v) is 14.5. The first kappa shape index (κ1) is 28.8. The van der Waals surface area contributed by atoms with E-state index < -0.39 is 29.6 Å². The molecule has 2 N–H and O–H groups in total. The fourth-order valence-corrected chi connectivity index (χ4v) is 5.28. The van der Waals surface area contributed by atoms with Crippen LogP contribution in [0.3, 0.4) is 0 Å². The second-order valence-corrected chi connectivity index (χ2v) is 11.1. The molecule has 39 heavy (non-hydrogen) atoms. The summed E-state index contributed by atoms with van der Waals surface area (Å²) < 4.78 is 27.4. The number of nitrogens with one attached hydrogen (secondary N) is 1. The van der Waals surface area contributed by atoms with E-state index >= 15 is 0 Å². The summed E-state index contributed by atoms with van der Waals surface area (Å²) in [6, 6.07) is 16.6. The van der Waals surface area contributed by atoms with E-state index in [1.807, 2.05) is 49.6 Å². The molecule has 0 spiro atoms. The van der Waals surface area contributed by atoms with E-state index in [0.717, 1.165) is 41.2 Å². The van der Waals surface area contributed by atoms with Crippen LogP contribution in [0.1, 0.15) is 46.3 Å². The summed E-state index contributed by atoms with van der Waals surface area (Å²) >= 11 is 1.53. The fourth-order valence-electron chi connectivity index (χ4n) is 4.81. The van der Waals surface area contributed by atoms with Gasteiger partial charge in [-0.2, -0.15) is 11.8 Å². The molecule has 5 nitrogen and oxygen atoms in total. The molecule has 4 rings (SSSR count). The molecule has 8 heteroatoms. The number of amides is 1. The number of halogens is 2. The van der Waals surface area contributed by atoms with Gasteiger partial charge in [-0.3, -0.25) is 9.69 Å². The van der Waals surface area contributed by atoms with Gasteiger partial charge in [-0.1, -0.05) is 30.3 Å². The Balaban J connectivity index is 1.59. The number of hydrogen-bond acceptors (Lipinski definition) is 4. The van der Waals surface area contributed by atoms with Crippen molar-refractivity contribution in [2.75, 3.05) is 18.6 Å². The summed E-state index contributed by atoms with van der Waals surface area (Å²) in [4.78, 5) is 27.4. The molecule has 206 valence electrons. The number of nitrogens with zero attached hydrogens (tertiary/aromatic N) is 1. The lowest BCUT2D eigenvalue weighted by Gasteiger charge is -2.23. The lowest BCUT2D eigenvalue weighted by Crippen LogP contribution is -2.41. The largest absolute Gasteiger partial charge is 0.480 e. The van der Waals surface area contributed by atoms with Crippen molar-refractivity contribution >= 4 is 23.6 Å². The maximum absolute atomic E-state index is 13.7. The van der Waals surface area contributed by atoms with E-state index in [2.05, 4.69) is 10.2 Å². The predicted molar refractivity (Wildman–Crippen MR) is 152 cm³/mol. The molecular formula is C31H34F2N2O3S. The summed E-state index contributed by atoms with van der Waals surface area (Å²) in [5, 5.41) is 12.3. The van der Waals surface area contributed by atoms with Gasteiger partial charge in [0.1, 0.15) is 17.7 Å². The third-order valence-electron chi connectivity index (χ3n) is 7.04. The van der Waals surface area contributed by atoms with Gasteiger partial charge < -0.3 is 10.4 Å². The van der Waals surface area contributed by atoms with Gasteiger partial charge in [0.15, 0.2) is 0 Å². The quantitative estimate of drug-likeness (QED) is 0.269. The Morgan fingerprint density at radius 2 is 1.74 bits per heavy atom. The molecule has 1 saturated carbocycles. The SMILES string of the molecule is CSCC[C@H](NC(=O)c1ccc(CN(CCc2cc(F)cc(F)c2)C2CC2)cc1-c1ccccc1C)C(=O)O. The molecular weight excluding hydrogens is 518 g/mol. The van der Waals surface area contributed by atoms with Crippen molar-refractivity contribution in [1.29, 1.82) is 0 Å². The number of carboxylic acid groups (broad SMARTS) is 1. The van der Waals surface area contributed by atoms with Gasteiger partial charge in [0, 0.05) is 30.8 Å². The van der Waals surface area contributed by atoms with Crippen LogP contribution in [0, 0.1) is 18.6 Å². The van der Waals surface area contributed by atoms with Crippen molar-refractivity contribution in [1.82, 2.24) is 10.2 Å². The van der Waals surface area contributed by atoms with E-state index in [1.54, 1.807) is 6.07 Å². The standard InChI is InChI=1S/C31H34F2N2O3S/c1-20-5-3-4-6-26(20)28-17-22(7-10-27(28)30(36)34-29(31(37)38)12-14-39-2)19-35(25-8-9-25)13-11-21-15-23(32)18-24(33)16-21/h3-7,10,15-18,25,29H,8-9,11-14,19H2,1-2H3,(H,34,36)(H,37,38)/t29-/m0/s1. The van der Waals surface area contributed by atoms with Gasteiger partial charge in [-0.05, 0) is 96.7 Å². The Kier molecular flexibility index (Phi) is 9.75. The highest BCUT2D eigenvalue weighted by molar-refractivity contribution is 7.98. The van der Waals surface area contributed by atoms with Crippen molar-refractivity contribution in [3.8, 4) is 11.1 Å². The second-order valence-electron chi connectivity index (χ2n) is 10.1. The van der Waals surface area contributed by atoms with Crippen LogP contribution in [-0.4, -0.2) is 52.5 Å². The predicted octanol–water partition coefficient (Wildman–Crippen LogP) is 6.08. The van der Waals surface area contributed by atoms with Crippen molar-refractivity contribution in [3.63, 3.8) is 0 Å². The van der Waals surface area contributed by atoms with E-state index in [1.165, 1.54) is 23.9 Å². The number of carboxylic acids is 1. The van der Waals surface area contributed by atoms with Gasteiger partial charge in [-0.25, -0.2) is 13.6 Å². The Morgan fingerprint density at radius 3 is 2.38 bits per heavy atom. The topological polar surface area (TPSA) is 69.6 Å². The lowest BCUT2D eigenvalue weighted by atomic mass is 9.93. The molecule has 0 saturated heterocycles. The third-order valence-corrected chi connectivity index (χ3v) is 7.68. The summed E-state index contributed by atoms with van der Waals surface area (Å²) in [5.41, 5.74) is 4.73. The average molecular weight is 553 g/mol. The van der Waals surface area contributed by atoms with Gasteiger partial charge in [-0.15, -0.1) is 0 Å². The Bertz CT molecular complexity index is 1310. The van der Waals surface area contributed by atoms with Crippen LogP contribution in [0.4, 0.5) is 8.78 Å². The summed E-state index contributed by atoms with van der Waals surface area (Å²) in [7, 11) is 0. The molecule has 0 heterocycles. The maximum Gasteiger partial charge on any atom is 0.326 e. The average Bonchev–Trinajstić information content (AvgIpc) is 3.74. The van der Waals surface area contributed by atoms with Crippen LogP contribution < -0.4 is 5.32 Å². The molecule has 1 fully saturated rings. The molecule has 0 radical (unpaired) electrons. The van der Waals surface area contributed by atoms with Crippen molar-refractivity contribution in [3.05, 3.63) is 94.6 Å². The number of thioether (sulfide) groups is 1. The monoisotopic (exact) mass is 552 g/mol. The Morgan fingerprint density at radius 1 is 1.03 bits per heavy atom. The normalized spacial score (nSPS) is 13.9. The minimum Gasteiger partial charge on any atom is -0.480 e. The molecule has 0 aromatic heterocycles. The summed E-state index contributed by atoms with van der Waals surface area (Å²) in [6.45, 7) is 3.27. The molecule has 0 bridgehead atoms. The Labute approximate surface area is 232 Å². The lowest BCUT2D eigenvalue weighted by molar-refractivity contribution is -0.139. The smallest absolute Gasteiger partial charge is 0.326 e. The minimum absolute atomic E-state index is 0.339. The van der Waals surface area contributed by atoms with Crippen LogP contribution in [0.2, 0.25) is 0 Å². The molecule has 1 aliphatic rings. The highest BCUT2D eigenvalue weighted by atomic mass is 32.2. The zero-order chi connectivity index (χ0) is 27.9. The molecule has 0 aliphatic heterocycles. The molecule has 0 unspecified atom stereocenters. The molecule has 1 atom stereocenters. The third kappa shape index (κ3) is 7.90. The number of aliphatic carboxylic acids is 1. The second kappa shape index (κ2) is 13.2. The number of carbonyl (C=O) groups is 2. The summed E-state index contributed by atoms with van der Waals surface area (Å²) in [6.07, 6.45) is 4.93. The van der Waals surface area contributed by atoms with Crippen LogP contribution in [0.15, 0.2) is 60.7 Å². The first-order chi connectivity index (χ1) is 18.7. The number of rotatable bonds is 13. The van der Waals surface area contributed by atoms with Crippen LogP contribution >= 0.6 is 11.8 Å². The van der Waals surface area contributed by atoms with E-state index in [4.69, 9.17) is 0 Å². The van der Waals surface area contributed by atoms with E-state index in [-0.39, 0.29) is 0 Å². The first-order valence-electron chi connectivity index (χ1n) is 13.2.